The van der Waals surface area contributed by atoms with Gasteiger partial charge in [-0.2, -0.15) is 0 Å². The third-order valence-corrected chi connectivity index (χ3v) is 5.60. The molecule has 2 rings (SSSR count). The maximum absolute atomic E-state index is 13.0. The van der Waals surface area contributed by atoms with Crippen molar-refractivity contribution >= 4 is 11.8 Å². The van der Waals surface area contributed by atoms with Gasteiger partial charge in [0.05, 0.1) is 5.92 Å². The molecule has 0 bridgehead atoms. The molecule has 2 N–H and O–H groups in total. The highest BCUT2D eigenvalue weighted by Gasteiger charge is 2.22. The number of nitrogens with two attached hydrogens (primary N) is 1. The molecule has 0 saturated heterocycles. The fourth-order valence-electron chi connectivity index (χ4n) is 3.98. The molecule has 2 amide bonds. The normalized spacial score (nSPS) is 16.2. The highest BCUT2D eigenvalue weighted by atomic mass is 16.2. The summed E-state index contributed by atoms with van der Waals surface area (Å²) in [6.45, 7) is 3.37. The molecule has 0 radical (unpaired) electrons. The van der Waals surface area contributed by atoms with Crippen LogP contribution in [0.3, 0.4) is 0 Å². The van der Waals surface area contributed by atoms with Crippen LogP contribution < -0.4 is 5.73 Å². The van der Waals surface area contributed by atoms with Crippen LogP contribution in [0, 0.1) is 5.92 Å². The zero-order valence-electron chi connectivity index (χ0n) is 16.2. The lowest BCUT2D eigenvalue weighted by molar-refractivity contribution is -0.133. The Balaban J connectivity index is 1.90. The van der Waals surface area contributed by atoms with Crippen LogP contribution in [0.4, 0.5) is 0 Å². The average Bonchev–Trinajstić information content (AvgIpc) is 2.67. The maximum atomic E-state index is 13.0. The fourth-order valence-corrected chi connectivity index (χ4v) is 3.98. The van der Waals surface area contributed by atoms with Crippen molar-refractivity contribution in [3.63, 3.8) is 0 Å². The van der Waals surface area contributed by atoms with Crippen molar-refractivity contribution < 1.29 is 9.59 Å². The largest absolute Gasteiger partial charge is 0.370 e. The Morgan fingerprint density at radius 3 is 2.38 bits per heavy atom. The summed E-state index contributed by atoms with van der Waals surface area (Å²) < 4.78 is 0. The zero-order chi connectivity index (χ0) is 18.8. The molecule has 26 heavy (non-hydrogen) atoms. The van der Waals surface area contributed by atoms with E-state index in [1.54, 1.807) is 0 Å². The van der Waals surface area contributed by atoms with Crippen LogP contribution in [0.15, 0.2) is 30.3 Å². The monoisotopic (exact) mass is 358 g/mol. The zero-order valence-corrected chi connectivity index (χ0v) is 16.2. The molecule has 1 aliphatic rings. The van der Waals surface area contributed by atoms with Crippen LogP contribution in [-0.4, -0.2) is 29.8 Å². The molecular weight excluding hydrogens is 324 g/mol. The lowest BCUT2D eigenvalue weighted by Gasteiger charge is -2.28. The van der Waals surface area contributed by atoms with Gasteiger partial charge in [-0.05, 0) is 37.7 Å². The summed E-state index contributed by atoms with van der Waals surface area (Å²) in [4.78, 5) is 26.0. The summed E-state index contributed by atoms with van der Waals surface area (Å²) in [5.74, 6) is 0.539. The van der Waals surface area contributed by atoms with E-state index in [1.807, 2.05) is 42.2 Å². The van der Waals surface area contributed by atoms with Gasteiger partial charge in [-0.3, -0.25) is 9.59 Å². The average molecular weight is 359 g/mol. The van der Waals surface area contributed by atoms with Gasteiger partial charge in [-0.1, -0.05) is 62.4 Å². The van der Waals surface area contributed by atoms with Gasteiger partial charge in [0, 0.05) is 19.5 Å². The van der Waals surface area contributed by atoms with E-state index in [0.29, 0.717) is 19.4 Å². The molecule has 1 atom stereocenters. The number of primary amides is 1. The lowest BCUT2D eigenvalue weighted by atomic mass is 9.86. The van der Waals surface area contributed by atoms with E-state index < -0.39 is 0 Å². The molecule has 4 nitrogen and oxygen atoms in total. The van der Waals surface area contributed by atoms with Crippen LogP contribution in [0.2, 0.25) is 0 Å². The van der Waals surface area contributed by atoms with Crippen LogP contribution in [0.1, 0.15) is 76.2 Å². The van der Waals surface area contributed by atoms with Crippen molar-refractivity contribution in [1.29, 1.82) is 0 Å². The first-order valence-corrected chi connectivity index (χ1v) is 10.2. The number of amides is 2. The number of rotatable bonds is 10. The molecule has 0 aliphatic heterocycles. The Morgan fingerprint density at radius 1 is 1.08 bits per heavy atom. The van der Waals surface area contributed by atoms with E-state index in [9.17, 15) is 9.59 Å². The van der Waals surface area contributed by atoms with E-state index in [4.69, 9.17) is 5.73 Å². The minimum atomic E-state index is -0.296. The van der Waals surface area contributed by atoms with Crippen molar-refractivity contribution in [3.05, 3.63) is 35.9 Å². The molecule has 1 saturated carbocycles. The number of benzene rings is 1. The van der Waals surface area contributed by atoms with Crippen molar-refractivity contribution in [2.45, 2.75) is 70.6 Å². The summed E-state index contributed by atoms with van der Waals surface area (Å²) in [6.07, 6.45) is 10.0. The summed E-state index contributed by atoms with van der Waals surface area (Å²) in [5.41, 5.74) is 6.31. The number of nitrogens with zero attached hydrogens (tertiary/aromatic N) is 1. The summed E-state index contributed by atoms with van der Waals surface area (Å²) in [6, 6.07) is 9.92. The maximum Gasteiger partial charge on any atom is 0.229 e. The molecular formula is C22H34N2O2. The van der Waals surface area contributed by atoms with Gasteiger partial charge in [-0.25, -0.2) is 0 Å². The van der Waals surface area contributed by atoms with E-state index in [1.165, 1.54) is 38.5 Å². The van der Waals surface area contributed by atoms with E-state index in [2.05, 4.69) is 0 Å². The Kier molecular flexibility index (Phi) is 8.66. The summed E-state index contributed by atoms with van der Waals surface area (Å²) in [5, 5.41) is 0. The number of hydrogen-bond acceptors (Lipinski definition) is 2. The third-order valence-electron chi connectivity index (χ3n) is 5.60. The molecule has 0 aromatic heterocycles. The Labute approximate surface area is 158 Å². The predicted octanol–water partition coefficient (Wildman–Crippen LogP) is 4.24. The first-order chi connectivity index (χ1) is 12.6. The molecule has 1 aromatic rings. The standard InChI is InChI=1S/C22H34N2O2/c1-18(20-13-6-3-7-14-20)22(26)24(17-9-15-21(23)25)16-8-12-19-10-4-2-5-11-19/h3,6-7,13-14,18-19H,2,4-5,8-12,15-17H2,1H3,(H2,23,25)/t18-/m1/s1. The van der Waals surface area contributed by atoms with Crippen molar-refractivity contribution in [1.82, 2.24) is 4.90 Å². The predicted molar refractivity (Wildman–Crippen MR) is 106 cm³/mol. The molecule has 4 heteroatoms. The first kappa shape index (κ1) is 20.5. The van der Waals surface area contributed by atoms with Crippen molar-refractivity contribution in [3.8, 4) is 0 Å². The molecule has 0 unspecified atom stereocenters. The van der Waals surface area contributed by atoms with Gasteiger partial charge >= 0.3 is 0 Å². The number of hydrogen-bond donors (Lipinski definition) is 1. The van der Waals surface area contributed by atoms with Crippen molar-refractivity contribution in [2.75, 3.05) is 13.1 Å². The Morgan fingerprint density at radius 2 is 1.73 bits per heavy atom. The second-order valence-electron chi connectivity index (χ2n) is 7.67. The van der Waals surface area contributed by atoms with Gasteiger partial charge in [-0.15, -0.1) is 0 Å². The first-order valence-electron chi connectivity index (χ1n) is 10.2. The molecule has 1 fully saturated rings. The highest BCUT2D eigenvalue weighted by Crippen LogP contribution is 2.27. The Hall–Kier alpha value is -1.84. The van der Waals surface area contributed by atoms with Crippen molar-refractivity contribution in [2.24, 2.45) is 11.7 Å². The van der Waals surface area contributed by atoms with Gasteiger partial charge in [0.15, 0.2) is 0 Å². The lowest BCUT2D eigenvalue weighted by Crippen LogP contribution is -2.36. The van der Waals surface area contributed by atoms with E-state index >= 15 is 0 Å². The molecule has 1 aliphatic carbocycles. The molecule has 0 heterocycles. The van der Waals surface area contributed by atoms with Crippen LogP contribution >= 0.6 is 0 Å². The minimum Gasteiger partial charge on any atom is -0.370 e. The molecule has 1 aromatic carbocycles. The Bertz CT molecular complexity index is 553. The topological polar surface area (TPSA) is 63.4 Å². The van der Waals surface area contributed by atoms with Crippen LogP contribution in [0.25, 0.3) is 0 Å². The van der Waals surface area contributed by atoms with Gasteiger partial charge in [0.2, 0.25) is 11.8 Å². The van der Waals surface area contributed by atoms with E-state index in [0.717, 1.165) is 24.4 Å². The quantitative estimate of drug-likeness (QED) is 0.680. The molecule has 144 valence electrons. The number of carbonyl (C=O) groups is 2. The fraction of sp³-hybridized carbons (Fsp3) is 0.636. The number of carbonyl (C=O) groups excluding carboxylic acids is 2. The highest BCUT2D eigenvalue weighted by molar-refractivity contribution is 5.83. The summed E-state index contributed by atoms with van der Waals surface area (Å²) in [7, 11) is 0. The SMILES string of the molecule is C[C@@H](C(=O)N(CCCC(N)=O)CCCC1CCCCC1)c1ccccc1. The van der Waals surface area contributed by atoms with Gasteiger partial charge in [0.1, 0.15) is 0 Å². The third kappa shape index (κ3) is 6.81. The van der Waals surface area contributed by atoms with Gasteiger partial charge in [0.25, 0.3) is 0 Å². The molecule has 0 spiro atoms. The second-order valence-corrected chi connectivity index (χ2v) is 7.67. The van der Waals surface area contributed by atoms with E-state index in [-0.39, 0.29) is 17.7 Å². The van der Waals surface area contributed by atoms with Crippen LogP contribution in [-0.2, 0) is 9.59 Å². The summed E-state index contributed by atoms with van der Waals surface area (Å²) >= 11 is 0. The van der Waals surface area contributed by atoms with Gasteiger partial charge < -0.3 is 10.6 Å². The van der Waals surface area contributed by atoms with Crippen LogP contribution in [0.5, 0.6) is 0 Å². The second kappa shape index (κ2) is 11.0. The smallest absolute Gasteiger partial charge is 0.229 e. The minimum absolute atomic E-state index is 0.153.